The van der Waals surface area contributed by atoms with Crippen molar-refractivity contribution in [3.8, 4) is 17.1 Å². The topological polar surface area (TPSA) is 48.9 Å². The van der Waals surface area contributed by atoms with E-state index >= 15 is 0 Å². The summed E-state index contributed by atoms with van der Waals surface area (Å²) < 4.78 is 0.998. The van der Waals surface area contributed by atoms with Crippen molar-refractivity contribution in [2.75, 3.05) is 0 Å². The molecule has 0 atom stereocenters. The van der Waals surface area contributed by atoms with Crippen molar-refractivity contribution in [1.29, 1.82) is 0 Å². The number of imidazole rings is 1. The SMILES string of the molecule is Cc1ccc(-c2nc3ccc(Br)cc3[nH]2)c(O)c1. The molecule has 3 aromatic rings. The number of aryl methyl sites for hydroxylation is 1. The van der Waals surface area contributed by atoms with Gasteiger partial charge in [-0.1, -0.05) is 22.0 Å². The van der Waals surface area contributed by atoms with Gasteiger partial charge in [0.2, 0.25) is 0 Å². The van der Waals surface area contributed by atoms with Gasteiger partial charge in [-0.25, -0.2) is 4.98 Å². The number of phenols is 1. The number of H-pyrrole nitrogens is 1. The largest absolute Gasteiger partial charge is 0.507 e. The first-order valence-electron chi connectivity index (χ1n) is 5.59. The maximum atomic E-state index is 9.96. The molecule has 2 aromatic carbocycles. The molecule has 3 rings (SSSR count). The third-order valence-corrected chi connectivity index (χ3v) is 3.35. The number of hydrogen-bond acceptors (Lipinski definition) is 2. The van der Waals surface area contributed by atoms with Crippen molar-refractivity contribution in [3.05, 3.63) is 46.4 Å². The lowest BCUT2D eigenvalue weighted by molar-refractivity contribution is 0.476. The van der Waals surface area contributed by atoms with Gasteiger partial charge in [0.25, 0.3) is 0 Å². The van der Waals surface area contributed by atoms with E-state index < -0.39 is 0 Å². The fraction of sp³-hybridized carbons (Fsp3) is 0.0714. The zero-order valence-electron chi connectivity index (χ0n) is 9.74. The van der Waals surface area contributed by atoms with Crippen molar-refractivity contribution in [2.45, 2.75) is 6.92 Å². The van der Waals surface area contributed by atoms with Crippen LogP contribution in [0.3, 0.4) is 0 Å². The van der Waals surface area contributed by atoms with Gasteiger partial charge in [-0.05, 0) is 42.8 Å². The highest BCUT2D eigenvalue weighted by atomic mass is 79.9. The van der Waals surface area contributed by atoms with E-state index in [-0.39, 0.29) is 5.75 Å². The molecule has 0 spiro atoms. The third-order valence-electron chi connectivity index (χ3n) is 2.85. The number of nitrogens with one attached hydrogen (secondary N) is 1. The average Bonchev–Trinajstić information content (AvgIpc) is 2.71. The van der Waals surface area contributed by atoms with Crippen LogP contribution in [-0.2, 0) is 0 Å². The molecule has 3 nitrogen and oxygen atoms in total. The molecule has 0 aliphatic carbocycles. The minimum absolute atomic E-state index is 0.244. The monoisotopic (exact) mass is 302 g/mol. The van der Waals surface area contributed by atoms with E-state index in [9.17, 15) is 5.11 Å². The van der Waals surface area contributed by atoms with Gasteiger partial charge >= 0.3 is 0 Å². The summed E-state index contributed by atoms with van der Waals surface area (Å²) in [7, 11) is 0. The Morgan fingerprint density at radius 2 is 2.00 bits per heavy atom. The molecule has 0 aliphatic heterocycles. The molecule has 0 radical (unpaired) electrons. The van der Waals surface area contributed by atoms with Gasteiger partial charge in [-0.15, -0.1) is 0 Å². The van der Waals surface area contributed by atoms with Crippen LogP contribution in [0.5, 0.6) is 5.75 Å². The van der Waals surface area contributed by atoms with E-state index in [4.69, 9.17) is 0 Å². The summed E-state index contributed by atoms with van der Waals surface area (Å²) in [5, 5.41) is 9.96. The standard InChI is InChI=1S/C14H11BrN2O/c1-8-2-4-10(13(18)6-8)14-16-11-5-3-9(15)7-12(11)17-14/h2-7,18H,1H3,(H,16,17). The maximum absolute atomic E-state index is 9.96. The van der Waals surface area contributed by atoms with Gasteiger partial charge in [-0.2, -0.15) is 0 Å². The van der Waals surface area contributed by atoms with Gasteiger partial charge in [-0.3, -0.25) is 0 Å². The number of aromatic nitrogens is 2. The second kappa shape index (κ2) is 4.14. The van der Waals surface area contributed by atoms with Crippen molar-refractivity contribution in [3.63, 3.8) is 0 Å². The normalized spacial score (nSPS) is 11.0. The number of hydrogen-bond donors (Lipinski definition) is 2. The Bertz CT molecular complexity index is 734. The zero-order chi connectivity index (χ0) is 12.7. The number of rotatable bonds is 1. The van der Waals surface area contributed by atoms with Crippen molar-refractivity contribution < 1.29 is 5.11 Å². The fourth-order valence-corrected chi connectivity index (χ4v) is 2.31. The first-order chi connectivity index (χ1) is 8.63. The van der Waals surface area contributed by atoms with Crippen LogP contribution in [0.1, 0.15) is 5.56 Å². The molecule has 0 bridgehead atoms. The maximum Gasteiger partial charge on any atom is 0.142 e. The van der Waals surface area contributed by atoms with Crippen LogP contribution >= 0.6 is 15.9 Å². The first kappa shape index (κ1) is 11.3. The van der Waals surface area contributed by atoms with E-state index in [2.05, 4.69) is 25.9 Å². The Hall–Kier alpha value is -1.81. The lowest BCUT2D eigenvalue weighted by Gasteiger charge is -2.01. The predicted octanol–water partition coefficient (Wildman–Crippen LogP) is 4.01. The molecule has 90 valence electrons. The molecule has 0 aliphatic rings. The molecule has 1 aromatic heterocycles. The predicted molar refractivity (Wildman–Crippen MR) is 75.6 cm³/mol. The number of nitrogens with zero attached hydrogens (tertiary/aromatic N) is 1. The van der Waals surface area contributed by atoms with E-state index in [0.29, 0.717) is 11.4 Å². The summed E-state index contributed by atoms with van der Waals surface area (Å²) in [6.07, 6.45) is 0. The highest BCUT2D eigenvalue weighted by Gasteiger charge is 2.09. The Labute approximate surface area is 113 Å². The quantitative estimate of drug-likeness (QED) is 0.713. The zero-order valence-corrected chi connectivity index (χ0v) is 11.3. The molecular formula is C14H11BrN2O. The summed E-state index contributed by atoms with van der Waals surface area (Å²) in [4.78, 5) is 7.69. The minimum atomic E-state index is 0.244. The molecular weight excluding hydrogens is 292 g/mol. The van der Waals surface area contributed by atoms with Gasteiger partial charge in [0.05, 0.1) is 16.6 Å². The van der Waals surface area contributed by atoms with Crippen molar-refractivity contribution >= 4 is 27.0 Å². The molecule has 2 N–H and O–H groups in total. The fourth-order valence-electron chi connectivity index (χ4n) is 1.95. The molecule has 0 saturated carbocycles. The Morgan fingerprint density at radius 3 is 2.78 bits per heavy atom. The highest BCUT2D eigenvalue weighted by molar-refractivity contribution is 9.10. The number of benzene rings is 2. The molecule has 1 heterocycles. The van der Waals surface area contributed by atoms with Crippen LogP contribution in [0.2, 0.25) is 0 Å². The van der Waals surface area contributed by atoms with Crippen LogP contribution in [-0.4, -0.2) is 15.1 Å². The van der Waals surface area contributed by atoms with E-state index in [1.165, 1.54) is 0 Å². The highest BCUT2D eigenvalue weighted by Crippen LogP contribution is 2.29. The Balaban J connectivity index is 2.19. The van der Waals surface area contributed by atoms with Crippen molar-refractivity contribution in [2.24, 2.45) is 0 Å². The van der Waals surface area contributed by atoms with Gasteiger partial charge in [0.1, 0.15) is 11.6 Å². The Morgan fingerprint density at radius 1 is 1.17 bits per heavy atom. The van der Waals surface area contributed by atoms with E-state index in [1.54, 1.807) is 6.07 Å². The van der Waals surface area contributed by atoms with Crippen LogP contribution in [0.25, 0.3) is 22.4 Å². The third kappa shape index (κ3) is 1.88. The van der Waals surface area contributed by atoms with Crippen LogP contribution < -0.4 is 0 Å². The van der Waals surface area contributed by atoms with E-state index in [1.807, 2.05) is 37.3 Å². The van der Waals surface area contributed by atoms with E-state index in [0.717, 1.165) is 21.1 Å². The Kier molecular flexibility index (Phi) is 2.59. The number of fused-ring (bicyclic) bond motifs is 1. The molecule has 18 heavy (non-hydrogen) atoms. The lowest BCUT2D eigenvalue weighted by Crippen LogP contribution is -1.82. The number of halogens is 1. The average molecular weight is 303 g/mol. The molecule has 0 unspecified atom stereocenters. The smallest absolute Gasteiger partial charge is 0.142 e. The second-order valence-electron chi connectivity index (χ2n) is 4.27. The molecule has 0 saturated heterocycles. The lowest BCUT2D eigenvalue weighted by atomic mass is 10.1. The van der Waals surface area contributed by atoms with Crippen LogP contribution in [0.4, 0.5) is 0 Å². The summed E-state index contributed by atoms with van der Waals surface area (Å²) in [6.45, 7) is 1.94. The number of aromatic hydroxyl groups is 1. The molecule has 0 amide bonds. The second-order valence-corrected chi connectivity index (χ2v) is 5.18. The van der Waals surface area contributed by atoms with Crippen LogP contribution in [0, 0.1) is 6.92 Å². The van der Waals surface area contributed by atoms with Crippen molar-refractivity contribution in [1.82, 2.24) is 9.97 Å². The minimum Gasteiger partial charge on any atom is -0.507 e. The van der Waals surface area contributed by atoms with Crippen LogP contribution in [0.15, 0.2) is 40.9 Å². The summed E-state index contributed by atoms with van der Waals surface area (Å²) in [5.74, 6) is 0.925. The first-order valence-corrected chi connectivity index (χ1v) is 6.38. The summed E-state index contributed by atoms with van der Waals surface area (Å²) in [6, 6.07) is 11.4. The summed E-state index contributed by atoms with van der Waals surface area (Å²) >= 11 is 3.42. The summed E-state index contributed by atoms with van der Waals surface area (Å²) in [5.41, 5.74) is 3.57. The van der Waals surface area contributed by atoms with Gasteiger partial charge in [0, 0.05) is 4.47 Å². The van der Waals surface area contributed by atoms with Gasteiger partial charge < -0.3 is 10.1 Å². The van der Waals surface area contributed by atoms with Gasteiger partial charge in [0.15, 0.2) is 0 Å². The molecule has 0 fully saturated rings. The number of aromatic amines is 1. The number of phenolic OH excluding ortho intramolecular Hbond substituents is 1. The molecule has 4 heteroatoms.